The molecule has 0 bridgehead atoms. The average molecular weight is 284 g/mol. The molecule has 1 saturated carbocycles. The first kappa shape index (κ1) is 15.3. The summed E-state index contributed by atoms with van der Waals surface area (Å²) in [5.41, 5.74) is 0. The molecule has 1 aliphatic carbocycles. The van der Waals surface area contributed by atoms with Crippen LogP contribution >= 0.6 is 0 Å². The number of carbonyl (C=O) groups is 1. The van der Waals surface area contributed by atoms with E-state index in [-0.39, 0.29) is 30.2 Å². The molecular formula is C16H25FO3. The number of aliphatic hydroxyl groups excluding tert-OH is 1. The minimum Gasteiger partial charge on any atom is -0.512 e. The fourth-order valence-electron chi connectivity index (χ4n) is 3.43. The van der Waals surface area contributed by atoms with Crippen LogP contribution in [-0.2, 0) is 9.53 Å². The van der Waals surface area contributed by atoms with Crippen molar-refractivity contribution in [1.29, 1.82) is 0 Å². The maximum Gasteiger partial charge on any atom is 0.317 e. The van der Waals surface area contributed by atoms with E-state index in [1.54, 1.807) is 0 Å². The smallest absolute Gasteiger partial charge is 0.317 e. The van der Waals surface area contributed by atoms with Crippen molar-refractivity contribution >= 4 is 5.97 Å². The van der Waals surface area contributed by atoms with Crippen LogP contribution in [0.25, 0.3) is 0 Å². The fraction of sp³-hybridized carbons (Fsp3) is 0.812. The Morgan fingerprint density at radius 1 is 1.55 bits per heavy atom. The maximum atomic E-state index is 13.6. The first-order valence-electron chi connectivity index (χ1n) is 7.76. The van der Waals surface area contributed by atoms with E-state index in [4.69, 9.17) is 4.74 Å². The van der Waals surface area contributed by atoms with Crippen LogP contribution in [0.15, 0.2) is 11.8 Å². The Bertz CT molecular complexity index is 380. The van der Waals surface area contributed by atoms with Gasteiger partial charge in [0.15, 0.2) is 0 Å². The molecule has 0 amide bonds. The highest BCUT2D eigenvalue weighted by molar-refractivity contribution is 5.78. The van der Waals surface area contributed by atoms with Gasteiger partial charge in [-0.1, -0.05) is 26.7 Å². The molecule has 0 aromatic rings. The van der Waals surface area contributed by atoms with Gasteiger partial charge in [0.05, 0.1) is 0 Å². The Morgan fingerprint density at radius 3 is 3.00 bits per heavy atom. The zero-order chi connectivity index (χ0) is 14.7. The predicted molar refractivity (Wildman–Crippen MR) is 75.0 cm³/mol. The zero-order valence-corrected chi connectivity index (χ0v) is 12.3. The summed E-state index contributed by atoms with van der Waals surface area (Å²) >= 11 is 0. The lowest BCUT2D eigenvalue weighted by Gasteiger charge is -2.13. The summed E-state index contributed by atoms with van der Waals surface area (Å²) < 4.78 is 18.9. The highest BCUT2D eigenvalue weighted by Gasteiger charge is 2.50. The molecule has 1 saturated heterocycles. The second-order valence-corrected chi connectivity index (χ2v) is 6.30. The molecule has 2 fully saturated rings. The van der Waals surface area contributed by atoms with Crippen LogP contribution in [-0.4, -0.2) is 23.4 Å². The Kier molecular flexibility index (Phi) is 5.06. The van der Waals surface area contributed by atoms with Gasteiger partial charge in [-0.25, -0.2) is 4.39 Å². The van der Waals surface area contributed by atoms with Gasteiger partial charge < -0.3 is 9.84 Å². The quantitative estimate of drug-likeness (QED) is 0.593. The third kappa shape index (κ3) is 3.33. The number of aliphatic hydroxyl groups is 1. The molecule has 20 heavy (non-hydrogen) atoms. The fourth-order valence-corrected chi connectivity index (χ4v) is 3.43. The number of allylic oxidation sites excluding steroid dienone is 1. The van der Waals surface area contributed by atoms with Gasteiger partial charge in [-0.3, -0.25) is 4.79 Å². The van der Waals surface area contributed by atoms with Crippen LogP contribution in [0.2, 0.25) is 0 Å². The van der Waals surface area contributed by atoms with Crippen molar-refractivity contribution in [2.75, 3.05) is 0 Å². The molecule has 4 heteroatoms. The molecule has 0 spiro atoms. The minimum absolute atomic E-state index is 0.00995. The Labute approximate surface area is 120 Å². The standard InChI is InChI=1S/C16H25FO3/c1-3-4-5-11(17)6-7-13(18)15-12-8-10(2)9-14(12)20-16(15)19/h7,10-12,14-15,18H,3-6,8-9H2,1-2H3/t10-,11-,12-,14-,15?/m1/s1. The predicted octanol–water partition coefficient (Wildman–Crippen LogP) is 3.93. The normalized spacial score (nSPS) is 35.0. The second-order valence-electron chi connectivity index (χ2n) is 6.30. The minimum atomic E-state index is -0.937. The van der Waals surface area contributed by atoms with Gasteiger partial charge in [-0.05, 0) is 31.3 Å². The van der Waals surface area contributed by atoms with E-state index in [2.05, 4.69) is 6.92 Å². The number of alkyl halides is 1. The molecule has 0 aromatic carbocycles. The van der Waals surface area contributed by atoms with Crippen LogP contribution in [0.3, 0.4) is 0 Å². The Balaban J connectivity index is 1.93. The number of carbonyl (C=O) groups excluding carboxylic acids is 1. The van der Waals surface area contributed by atoms with Gasteiger partial charge in [0.25, 0.3) is 0 Å². The molecule has 5 atom stereocenters. The average Bonchev–Trinajstić information content (AvgIpc) is 2.87. The van der Waals surface area contributed by atoms with Crippen molar-refractivity contribution in [3.63, 3.8) is 0 Å². The van der Waals surface area contributed by atoms with Gasteiger partial charge in [0, 0.05) is 12.3 Å². The highest BCUT2D eigenvalue weighted by Crippen LogP contribution is 2.45. The van der Waals surface area contributed by atoms with Crippen LogP contribution in [0.5, 0.6) is 0 Å². The summed E-state index contributed by atoms with van der Waals surface area (Å²) in [5, 5.41) is 10.1. The van der Waals surface area contributed by atoms with E-state index in [9.17, 15) is 14.3 Å². The summed E-state index contributed by atoms with van der Waals surface area (Å²) in [7, 11) is 0. The van der Waals surface area contributed by atoms with E-state index < -0.39 is 12.1 Å². The summed E-state index contributed by atoms with van der Waals surface area (Å²) in [6.45, 7) is 4.16. The number of hydrogen-bond acceptors (Lipinski definition) is 3. The number of unbranched alkanes of at least 4 members (excludes halogenated alkanes) is 1. The van der Waals surface area contributed by atoms with Crippen molar-refractivity contribution in [2.45, 2.75) is 64.6 Å². The van der Waals surface area contributed by atoms with Gasteiger partial charge in [-0.15, -0.1) is 0 Å². The molecule has 3 nitrogen and oxygen atoms in total. The number of esters is 1. The van der Waals surface area contributed by atoms with E-state index in [0.717, 1.165) is 25.7 Å². The van der Waals surface area contributed by atoms with Gasteiger partial charge in [-0.2, -0.15) is 0 Å². The van der Waals surface area contributed by atoms with Crippen molar-refractivity contribution in [3.05, 3.63) is 11.8 Å². The van der Waals surface area contributed by atoms with Crippen LogP contribution in [0.1, 0.15) is 52.4 Å². The SMILES string of the molecule is CCCC[C@@H](F)CC=C(O)C1C(=O)O[C@@H]2C[C@H](C)C[C@@H]12. The monoisotopic (exact) mass is 284 g/mol. The molecule has 2 aliphatic rings. The number of hydrogen-bond donors (Lipinski definition) is 1. The van der Waals surface area contributed by atoms with E-state index >= 15 is 0 Å². The molecular weight excluding hydrogens is 259 g/mol. The van der Waals surface area contributed by atoms with Crippen molar-refractivity contribution < 1.29 is 19.0 Å². The maximum absolute atomic E-state index is 13.6. The van der Waals surface area contributed by atoms with Crippen molar-refractivity contribution in [1.82, 2.24) is 0 Å². The van der Waals surface area contributed by atoms with Crippen molar-refractivity contribution in [2.24, 2.45) is 17.8 Å². The third-order valence-corrected chi connectivity index (χ3v) is 4.51. The third-order valence-electron chi connectivity index (χ3n) is 4.51. The van der Waals surface area contributed by atoms with Crippen LogP contribution in [0.4, 0.5) is 4.39 Å². The zero-order valence-electron chi connectivity index (χ0n) is 12.3. The first-order valence-corrected chi connectivity index (χ1v) is 7.76. The summed E-state index contributed by atoms with van der Waals surface area (Å²) in [4.78, 5) is 11.8. The Morgan fingerprint density at radius 2 is 2.30 bits per heavy atom. The van der Waals surface area contributed by atoms with E-state index in [1.165, 1.54) is 6.08 Å². The summed E-state index contributed by atoms with van der Waals surface area (Å²) in [6.07, 6.45) is 4.78. The van der Waals surface area contributed by atoms with Gasteiger partial charge >= 0.3 is 5.97 Å². The van der Waals surface area contributed by atoms with Crippen LogP contribution < -0.4 is 0 Å². The molecule has 114 valence electrons. The lowest BCUT2D eigenvalue weighted by molar-refractivity contribution is -0.144. The van der Waals surface area contributed by atoms with Crippen molar-refractivity contribution in [3.8, 4) is 0 Å². The lowest BCUT2D eigenvalue weighted by atomic mass is 9.89. The molecule has 1 N–H and O–H groups in total. The van der Waals surface area contributed by atoms with E-state index in [1.807, 2.05) is 6.92 Å². The number of halogens is 1. The molecule has 0 aromatic heterocycles. The molecule has 0 radical (unpaired) electrons. The summed E-state index contributed by atoms with van der Waals surface area (Å²) in [6, 6.07) is 0. The Hall–Kier alpha value is -1.06. The van der Waals surface area contributed by atoms with Crippen LogP contribution in [0, 0.1) is 17.8 Å². The van der Waals surface area contributed by atoms with E-state index in [0.29, 0.717) is 12.3 Å². The lowest BCUT2D eigenvalue weighted by Crippen LogP contribution is -2.19. The first-order chi connectivity index (χ1) is 9.52. The second kappa shape index (κ2) is 6.59. The molecule has 1 heterocycles. The number of ether oxygens (including phenoxy) is 1. The highest BCUT2D eigenvalue weighted by atomic mass is 19.1. The molecule has 2 rings (SSSR count). The topological polar surface area (TPSA) is 46.5 Å². The summed E-state index contributed by atoms with van der Waals surface area (Å²) in [5.74, 6) is -0.307. The largest absolute Gasteiger partial charge is 0.512 e. The van der Waals surface area contributed by atoms with Gasteiger partial charge in [0.2, 0.25) is 0 Å². The molecule has 1 aliphatic heterocycles. The van der Waals surface area contributed by atoms with Gasteiger partial charge in [0.1, 0.15) is 24.0 Å². The number of fused-ring (bicyclic) bond motifs is 1. The molecule has 1 unspecified atom stereocenters. The number of rotatable bonds is 6.